The fourth-order valence-corrected chi connectivity index (χ4v) is 1.75. The first kappa shape index (κ1) is 12.5. The minimum absolute atomic E-state index is 0.217. The predicted molar refractivity (Wildman–Crippen MR) is 58.4 cm³/mol. The van der Waals surface area contributed by atoms with Crippen LogP contribution in [-0.4, -0.2) is 18.4 Å². The van der Waals surface area contributed by atoms with Crippen molar-refractivity contribution in [3.8, 4) is 0 Å². The summed E-state index contributed by atoms with van der Waals surface area (Å²) in [5.74, 6) is -0.217. The fraction of sp³-hybridized carbons (Fsp3) is 0.917. The number of unbranched alkanes of at least 4 members (excludes halogenated alkanes) is 5. The van der Waals surface area contributed by atoms with Crippen molar-refractivity contribution in [2.45, 2.75) is 71.2 Å². The topological polar surface area (TPSA) is 35.5 Å². The van der Waals surface area contributed by atoms with Gasteiger partial charge in [0.05, 0.1) is 0 Å². The molecule has 3 heteroatoms. The molecule has 88 valence electrons. The van der Waals surface area contributed by atoms with Crippen LogP contribution in [0.15, 0.2) is 0 Å². The summed E-state index contributed by atoms with van der Waals surface area (Å²) in [6, 6.07) is 0. The highest BCUT2D eigenvalue weighted by atomic mass is 16.7. The van der Waals surface area contributed by atoms with E-state index >= 15 is 0 Å². The molecule has 0 aromatic carbocycles. The van der Waals surface area contributed by atoms with E-state index < -0.39 is 0 Å². The summed E-state index contributed by atoms with van der Waals surface area (Å²) in [4.78, 5) is 11.0. The summed E-state index contributed by atoms with van der Waals surface area (Å²) >= 11 is 0. The second-order valence-electron chi connectivity index (χ2n) is 4.20. The van der Waals surface area contributed by atoms with Crippen molar-refractivity contribution < 1.29 is 14.3 Å². The Morgan fingerprint density at radius 1 is 1.13 bits per heavy atom. The monoisotopic (exact) mass is 214 g/mol. The zero-order valence-corrected chi connectivity index (χ0v) is 9.83. The fourth-order valence-electron chi connectivity index (χ4n) is 1.75. The van der Waals surface area contributed by atoms with E-state index in [-0.39, 0.29) is 18.4 Å². The lowest BCUT2D eigenvalue weighted by molar-refractivity contribution is -0.143. The number of hydrogen-bond donors (Lipinski definition) is 0. The largest absolute Gasteiger partial charge is 0.434 e. The quantitative estimate of drug-likeness (QED) is 0.482. The highest BCUT2D eigenvalue weighted by molar-refractivity contribution is 5.75. The van der Waals surface area contributed by atoms with Gasteiger partial charge in [-0.15, -0.1) is 0 Å². The van der Waals surface area contributed by atoms with Crippen LogP contribution in [-0.2, 0) is 14.3 Å². The van der Waals surface area contributed by atoms with Crippen LogP contribution in [0.2, 0.25) is 0 Å². The Bertz CT molecular complexity index is 191. The van der Waals surface area contributed by atoms with E-state index in [4.69, 9.17) is 9.47 Å². The van der Waals surface area contributed by atoms with Crippen molar-refractivity contribution >= 4 is 5.97 Å². The van der Waals surface area contributed by atoms with Crippen molar-refractivity contribution in [3.05, 3.63) is 0 Å². The number of esters is 1. The van der Waals surface area contributed by atoms with E-state index in [1.54, 1.807) is 6.92 Å². The molecule has 0 bridgehead atoms. The number of hydrogen-bond acceptors (Lipinski definition) is 3. The molecular weight excluding hydrogens is 192 g/mol. The van der Waals surface area contributed by atoms with Gasteiger partial charge in [0.1, 0.15) is 0 Å². The molecule has 1 aliphatic heterocycles. The zero-order valence-electron chi connectivity index (χ0n) is 9.83. The molecule has 0 aliphatic carbocycles. The van der Waals surface area contributed by atoms with Gasteiger partial charge in [-0.2, -0.15) is 0 Å². The van der Waals surface area contributed by atoms with Gasteiger partial charge in [0, 0.05) is 6.42 Å². The molecule has 1 heterocycles. The smallest absolute Gasteiger partial charge is 0.337 e. The van der Waals surface area contributed by atoms with Gasteiger partial charge in [-0.1, -0.05) is 39.0 Å². The van der Waals surface area contributed by atoms with Crippen molar-refractivity contribution in [1.29, 1.82) is 0 Å². The van der Waals surface area contributed by atoms with E-state index in [0.717, 1.165) is 12.8 Å². The van der Waals surface area contributed by atoms with E-state index in [1.165, 1.54) is 32.1 Å². The second kappa shape index (κ2) is 6.83. The van der Waals surface area contributed by atoms with Crippen LogP contribution < -0.4 is 0 Å². The summed E-state index contributed by atoms with van der Waals surface area (Å²) in [6.45, 7) is 3.96. The minimum Gasteiger partial charge on any atom is -0.434 e. The van der Waals surface area contributed by atoms with Crippen molar-refractivity contribution in [2.24, 2.45) is 0 Å². The SMILES string of the molecule is CCCCCCCCC1OC(=O)C(C)O1. The summed E-state index contributed by atoms with van der Waals surface area (Å²) in [5.41, 5.74) is 0. The number of ether oxygens (including phenoxy) is 2. The van der Waals surface area contributed by atoms with Crippen molar-refractivity contribution in [1.82, 2.24) is 0 Å². The van der Waals surface area contributed by atoms with Crippen molar-refractivity contribution in [3.63, 3.8) is 0 Å². The maximum atomic E-state index is 11.0. The number of cyclic esters (lactones) is 1. The third kappa shape index (κ3) is 4.65. The highest BCUT2D eigenvalue weighted by Crippen LogP contribution is 2.18. The molecule has 15 heavy (non-hydrogen) atoms. The molecule has 1 fully saturated rings. The van der Waals surface area contributed by atoms with Crippen LogP contribution >= 0.6 is 0 Å². The maximum absolute atomic E-state index is 11.0. The van der Waals surface area contributed by atoms with E-state index in [9.17, 15) is 4.79 Å². The molecule has 0 radical (unpaired) electrons. The van der Waals surface area contributed by atoms with Crippen LogP contribution in [0.4, 0.5) is 0 Å². The lowest BCUT2D eigenvalue weighted by atomic mass is 10.1. The van der Waals surface area contributed by atoms with Gasteiger partial charge in [-0.25, -0.2) is 4.79 Å². The van der Waals surface area contributed by atoms with Gasteiger partial charge < -0.3 is 9.47 Å². The third-order valence-corrected chi connectivity index (χ3v) is 2.73. The molecule has 0 amide bonds. The number of carbonyl (C=O) groups is 1. The molecule has 0 N–H and O–H groups in total. The Balaban J connectivity index is 1.95. The summed E-state index contributed by atoms with van der Waals surface area (Å²) < 4.78 is 10.4. The first-order chi connectivity index (χ1) is 7.24. The lowest BCUT2D eigenvalue weighted by Crippen LogP contribution is -2.10. The molecule has 1 rings (SSSR count). The number of rotatable bonds is 7. The molecule has 0 spiro atoms. The summed E-state index contributed by atoms with van der Waals surface area (Å²) in [7, 11) is 0. The van der Waals surface area contributed by atoms with Crippen molar-refractivity contribution in [2.75, 3.05) is 0 Å². The third-order valence-electron chi connectivity index (χ3n) is 2.73. The molecule has 1 saturated heterocycles. The second-order valence-corrected chi connectivity index (χ2v) is 4.20. The van der Waals surface area contributed by atoms with Crippen LogP contribution in [0.25, 0.3) is 0 Å². The van der Waals surface area contributed by atoms with Gasteiger partial charge in [0.25, 0.3) is 0 Å². The first-order valence-corrected chi connectivity index (χ1v) is 6.10. The van der Waals surface area contributed by atoms with Gasteiger partial charge in [0.15, 0.2) is 6.10 Å². The molecule has 0 aromatic rings. The van der Waals surface area contributed by atoms with Gasteiger partial charge in [-0.3, -0.25) is 0 Å². The Labute approximate surface area is 92.1 Å². The van der Waals surface area contributed by atoms with E-state index in [1.807, 2.05) is 0 Å². The van der Waals surface area contributed by atoms with Gasteiger partial charge in [0.2, 0.25) is 6.29 Å². The van der Waals surface area contributed by atoms with E-state index in [0.29, 0.717) is 0 Å². The van der Waals surface area contributed by atoms with Crippen LogP contribution in [0.1, 0.15) is 58.8 Å². The van der Waals surface area contributed by atoms with Crippen LogP contribution in [0, 0.1) is 0 Å². The minimum atomic E-state index is -0.366. The molecule has 2 atom stereocenters. The maximum Gasteiger partial charge on any atom is 0.337 e. The molecular formula is C12H22O3. The average molecular weight is 214 g/mol. The summed E-state index contributed by atoms with van der Waals surface area (Å²) in [5, 5.41) is 0. The first-order valence-electron chi connectivity index (χ1n) is 6.10. The Morgan fingerprint density at radius 2 is 1.80 bits per heavy atom. The normalized spacial score (nSPS) is 25.6. The lowest BCUT2D eigenvalue weighted by Gasteiger charge is -2.07. The molecule has 0 saturated carbocycles. The standard InChI is InChI=1S/C12H22O3/c1-3-4-5-6-7-8-9-11-14-10(2)12(13)15-11/h10-11H,3-9H2,1-2H3. The van der Waals surface area contributed by atoms with E-state index in [2.05, 4.69) is 6.92 Å². The average Bonchev–Trinajstić information content (AvgIpc) is 2.52. The van der Waals surface area contributed by atoms with Gasteiger partial charge >= 0.3 is 5.97 Å². The van der Waals surface area contributed by atoms with Crippen LogP contribution in [0.3, 0.4) is 0 Å². The number of carbonyl (C=O) groups excluding carboxylic acids is 1. The molecule has 0 aromatic heterocycles. The Hall–Kier alpha value is -0.570. The summed E-state index contributed by atoms with van der Waals surface area (Å²) in [6.07, 6.45) is 7.71. The molecule has 3 nitrogen and oxygen atoms in total. The Kier molecular flexibility index (Phi) is 5.69. The Morgan fingerprint density at radius 3 is 2.40 bits per heavy atom. The predicted octanol–water partition coefficient (Wildman–Crippen LogP) is 3.03. The molecule has 2 unspecified atom stereocenters. The highest BCUT2D eigenvalue weighted by Gasteiger charge is 2.30. The van der Waals surface area contributed by atoms with Crippen LogP contribution in [0.5, 0.6) is 0 Å². The van der Waals surface area contributed by atoms with Gasteiger partial charge in [-0.05, 0) is 13.3 Å². The zero-order chi connectivity index (χ0) is 11.1. The molecule has 1 aliphatic rings.